The zero-order chi connectivity index (χ0) is 26.9. The summed E-state index contributed by atoms with van der Waals surface area (Å²) in [6, 6.07) is 5.04. The Morgan fingerprint density at radius 3 is 2.28 bits per heavy atom. The molecule has 0 bridgehead atoms. The van der Waals surface area contributed by atoms with Crippen LogP contribution in [-0.2, 0) is 4.74 Å². The molecular weight excluding hydrogens is 492 g/mol. The Bertz CT molecular complexity index is 1420. The fourth-order valence-corrected chi connectivity index (χ4v) is 5.72. The van der Waals surface area contributed by atoms with E-state index in [1.54, 1.807) is 12.4 Å². The molecule has 0 spiro atoms. The first-order valence-electron chi connectivity index (χ1n) is 13.7. The molecule has 0 aliphatic carbocycles. The second-order valence-electron chi connectivity index (χ2n) is 10.8. The lowest BCUT2D eigenvalue weighted by Gasteiger charge is -2.28. The zero-order valence-electron chi connectivity index (χ0n) is 22.9. The minimum Gasteiger partial charge on any atom is -0.433 e. The normalized spacial score (nSPS) is 17.5. The number of ether oxygens (including phenoxy) is 2. The van der Waals surface area contributed by atoms with Crippen molar-refractivity contribution in [1.82, 2.24) is 34.4 Å². The molecule has 2 saturated heterocycles. The van der Waals surface area contributed by atoms with Crippen molar-refractivity contribution in [2.45, 2.75) is 51.6 Å². The van der Waals surface area contributed by atoms with Crippen molar-refractivity contribution in [3.63, 3.8) is 0 Å². The number of anilines is 1. The van der Waals surface area contributed by atoms with E-state index in [4.69, 9.17) is 20.2 Å². The summed E-state index contributed by atoms with van der Waals surface area (Å²) < 4.78 is 15.7. The van der Waals surface area contributed by atoms with Crippen LogP contribution in [0.15, 0.2) is 43.1 Å². The number of aryl methyl sites for hydroxylation is 2. The average Bonchev–Trinajstić information content (AvgIpc) is 3.61. The molecule has 5 heterocycles. The molecule has 0 unspecified atom stereocenters. The van der Waals surface area contributed by atoms with E-state index in [1.165, 1.54) is 5.56 Å². The Morgan fingerprint density at radius 2 is 1.54 bits per heavy atom. The smallest absolute Gasteiger partial charge is 0.263 e. The summed E-state index contributed by atoms with van der Waals surface area (Å²) in [6.45, 7) is 7.96. The van der Waals surface area contributed by atoms with E-state index in [2.05, 4.69) is 64.0 Å². The number of rotatable bonds is 6. The predicted octanol–water partition coefficient (Wildman–Crippen LogP) is 4.81. The summed E-state index contributed by atoms with van der Waals surface area (Å²) in [5.74, 6) is 1.14. The van der Waals surface area contributed by atoms with E-state index in [0.717, 1.165) is 74.2 Å². The molecule has 0 saturated carbocycles. The van der Waals surface area contributed by atoms with Gasteiger partial charge in [-0.1, -0.05) is 0 Å². The molecule has 4 aromatic rings. The Morgan fingerprint density at radius 1 is 0.872 bits per heavy atom. The summed E-state index contributed by atoms with van der Waals surface area (Å²) in [7, 11) is 2.15. The highest BCUT2D eigenvalue weighted by molar-refractivity contribution is 5.75. The van der Waals surface area contributed by atoms with E-state index in [-0.39, 0.29) is 11.7 Å². The molecule has 204 valence electrons. The van der Waals surface area contributed by atoms with Crippen LogP contribution in [0.1, 0.15) is 48.9 Å². The van der Waals surface area contributed by atoms with Crippen molar-refractivity contribution in [2.24, 2.45) is 0 Å². The van der Waals surface area contributed by atoms with Crippen LogP contribution in [0.25, 0.3) is 22.4 Å². The monoisotopic (exact) mass is 528 g/mol. The number of aromatic nitrogens is 6. The Balaban J connectivity index is 1.22. The van der Waals surface area contributed by atoms with E-state index in [9.17, 15) is 0 Å². The summed E-state index contributed by atoms with van der Waals surface area (Å²) in [4.78, 5) is 11.5. The van der Waals surface area contributed by atoms with Crippen molar-refractivity contribution in [3.05, 3.63) is 54.2 Å². The van der Waals surface area contributed by atoms with Gasteiger partial charge in [0, 0.05) is 30.5 Å². The van der Waals surface area contributed by atoms with Crippen LogP contribution in [0, 0.1) is 13.8 Å². The van der Waals surface area contributed by atoms with E-state index >= 15 is 0 Å². The van der Waals surface area contributed by atoms with Gasteiger partial charge in [-0.3, -0.25) is 9.36 Å². The first-order chi connectivity index (χ1) is 18.9. The lowest BCUT2D eigenvalue weighted by molar-refractivity contribution is 0.0662. The minimum atomic E-state index is 0.247. The fourth-order valence-electron chi connectivity index (χ4n) is 5.72. The van der Waals surface area contributed by atoms with E-state index in [1.807, 2.05) is 17.1 Å². The third kappa shape index (κ3) is 5.39. The molecule has 0 radical (unpaired) electrons. The number of nitrogen functional groups attached to an aromatic ring is 1. The van der Waals surface area contributed by atoms with Crippen molar-refractivity contribution >= 4 is 5.82 Å². The van der Waals surface area contributed by atoms with Gasteiger partial charge in [-0.15, -0.1) is 0 Å². The van der Waals surface area contributed by atoms with Gasteiger partial charge >= 0.3 is 0 Å². The Labute approximate surface area is 228 Å². The van der Waals surface area contributed by atoms with Gasteiger partial charge in [0.05, 0.1) is 42.6 Å². The third-order valence-corrected chi connectivity index (χ3v) is 7.91. The molecular formula is C29H36N8O2. The van der Waals surface area contributed by atoms with Crippen molar-refractivity contribution in [1.29, 1.82) is 0 Å². The number of piperidine rings is 1. The van der Waals surface area contributed by atoms with Crippen LogP contribution in [0.2, 0.25) is 0 Å². The summed E-state index contributed by atoms with van der Waals surface area (Å²) in [5, 5.41) is 9.21. The Kier molecular flexibility index (Phi) is 7.05. The number of nitrogens with two attached hydrogens (primary N) is 1. The molecule has 0 atom stereocenters. The molecule has 2 aliphatic rings. The summed E-state index contributed by atoms with van der Waals surface area (Å²) in [5.41, 5.74) is 12.4. The van der Waals surface area contributed by atoms with Gasteiger partial charge in [0.15, 0.2) is 11.6 Å². The SMILES string of the molecule is Cc1cc(-c2cnc(N)c(Oc3cnn(C4CCN(C)CC4)c3)n2)cc(C)c1-c1cnn(C2CCOCC2)c1. The number of benzene rings is 1. The van der Waals surface area contributed by atoms with Crippen LogP contribution < -0.4 is 10.5 Å². The zero-order valence-corrected chi connectivity index (χ0v) is 22.9. The molecule has 0 amide bonds. The maximum Gasteiger partial charge on any atom is 0.263 e. The topological polar surface area (TPSA) is 109 Å². The fraction of sp³-hybridized carbons (Fsp3) is 0.448. The predicted molar refractivity (Wildman–Crippen MR) is 150 cm³/mol. The minimum absolute atomic E-state index is 0.247. The third-order valence-electron chi connectivity index (χ3n) is 7.91. The lowest BCUT2D eigenvalue weighted by Crippen LogP contribution is -2.31. The number of hydrogen-bond donors (Lipinski definition) is 1. The summed E-state index contributed by atoms with van der Waals surface area (Å²) in [6.07, 6.45) is 13.6. The van der Waals surface area contributed by atoms with E-state index in [0.29, 0.717) is 23.5 Å². The number of likely N-dealkylation sites (tertiary alicyclic amines) is 1. The van der Waals surface area contributed by atoms with Crippen LogP contribution >= 0.6 is 0 Å². The molecule has 6 rings (SSSR count). The second kappa shape index (κ2) is 10.8. The van der Waals surface area contributed by atoms with Crippen LogP contribution in [0.5, 0.6) is 11.6 Å². The molecule has 1 aromatic carbocycles. The Hall–Kier alpha value is -3.76. The lowest BCUT2D eigenvalue weighted by atomic mass is 9.94. The van der Waals surface area contributed by atoms with Gasteiger partial charge in [-0.2, -0.15) is 10.2 Å². The van der Waals surface area contributed by atoms with Crippen LogP contribution in [0.4, 0.5) is 5.82 Å². The van der Waals surface area contributed by atoms with Gasteiger partial charge in [-0.25, -0.2) is 9.97 Å². The quantitative estimate of drug-likeness (QED) is 0.380. The highest BCUT2D eigenvalue weighted by Crippen LogP contribution is 2.34. The molecule has 10 nitrogen and oxygen atoms in total. The number of hydrogen-bond acceptors (Lipinski definition) is 8. The van der Waals surface area contributed by atoms with Crippen molar-refractivity contribution in [2.75, 3.05) is 39.1 Å². The highest BCUT2D eigenvalue weighted by Gasteiger charge is 2.21. The first-order valence-corrected chi connectivity index (χ1v) is 13.7. The molecule has 2 aliphatic heterocycles. The van der Waals surface area contributed by atoms with Gasteiger partial charge in [0.1, 0.15) is 0 Å². The molecule has 2 N–H and O–H groups in total. The van der Waals surface area contributed by atoms with Gasteiger partial charge in [-0.05, 0) is 88.5 Å². The number of nitrogens with zero attached hydrogens (tertiary/aromatic N) is 7. The van der Waals surface area contributed by atoms with Gasteiger partial charge in [0.2, 0.25) is 0 Å². The van der Waals surface area contributed by atoms with E-state index < -0.39 is 0 Å². The van der Waals surface area contributed by atoms with Crippen molar-refractivity contribution in [3.8, 4) is 34.0 Å². The molecule has 3 aromatic heterocycles. The molecule has 10 heteroatoms. The first kappa shape index (κ1) is 25.5. The van der Waals surface area contributed by atoms with Gasteiger partial charge in [0.25, 0.3) is 5.88 Å². The highest BCUT2D eigenvalue weighted by atomic mass is 16.5. The van der Waals surface area contributed by atoms with Gasteiger partial charge < -0.3 is 20.1 Å². The van der Waals surface area contributed by atoms with Crippen LogP contribution in [0.3, 0.4) is 0 Å². The van der Waals surface area contributed by atoms with Crippen molar-refractivity contribution < 1.29 is 9.47 Å². The molecule has 2 fully saturated rings. The average molecular weight is 529 g/mol. The standard InChI is InChI=1S/C29H36N8O2/c1-19-12-21(13-20(2)27(19)22-14-32-36(17-22)24-6-10-38-11-7-24)26-16-31-28(30)29(34-26)39-25-15-33-37(18-25)23-4-8-35(3)9-5-23/h12-18,23-24H,4-11H2,1-3H3,(H2,30,31). The molecule has 39 heavy (non-hydrogen) atoms. The summed E-state index contributed by atoms with van der Waals surface area (Å²) >= 11 is 0. The second-order valence-corrected chi connectivity index (χ2v) is 10.8. The van der Waals surface area contributed by atoms with Crippen LogP contribution in [-0.4, -0.2) is 67.8 Å². The maximum absolute atomic E-state index is 6.16. The largest absolute Gasteiger partial charge is 0.433 e. The maximum atomic E-state index is 6.16.